The van der Waals surface area contributed by atoms with Crippen molar-refractivity contribution >= 4 is 29.6 Å². The molecule has 2 rings (SSSR count). The molecule has 14 nitrogen and oxygen atoms in total. The SMILES string of the molecule is NCCCC[C@H](NC(=O)CNC(=O)[C@H](Cc1ccccc1)NC(=O)[C@H](Cc1cnc[nH]1)NC(=O)CN)C(=O)O. The number of aromatic nitrogens is 2. The van der Waals surface area contributed by atoms with Crippen molar-refractivity contribution in [3.63, 3.8) is 0 Å². The summed E-state index contributed by atoms with van der Waals surface area (Å²) >= 11 is 0. The molecule has 0 saturated carbocycles. The Labute approximate surface area is 225 Å². The van der Waals surface area contributed by atoms with Crippen LogP contribution in [0.4, 0.5) is 0 Å². The van der Waals surface area contributed by atoms with Gasteiger partial charge in [-0.2, -0.15) is 0 Å². The smallest absolute Gasteiger partial charge is 0.326 e. The number of carboxylic acids is 1. The molecule has 0 radical (unpaired) electrons. The number of amides is 4. The molecular weight excluding hydrogens is 508 g/mol. The third-order valence-electron chi connectivity index (χ3n) is 5.74. The summed E-state index contributed by atoms with van der Waals surface area (Å²) in [5.74, 6) is -3.75. The van der Waals surface area contributed by atoms with Crippen LogP contribution in [0, 0.1) is 0 Å². The second-order valence-corrected chi connectivity index (χ2v) is 8.82. The first kappa shape index (κ1) is 30.9. The minimum Gasteiger partial charge on any atom is -0.480 e. The topological polar surface area (TPSA) is 234 Å². The highest BCUT2D eigenvalue weighted by molar-refractivity contribution is 5.94. The van der Waals surface area contributed by atoms with Crippen LogP contribution in [-0.4, -0.2) is 82.4 Å². The molecular formula is C25H36N8O6. The lowest BCUT2D eigenvalue weighted by Gasteiger charge is -2.23. The Balaban J connectivity index is 2.09. The molecule has 1 aromatic heterocycles. The third-order valence-corrected chi connectivity index (χ3v) is 5.74. The van der Waals surface area contributed by atoms with Crippen molar-refractivity contribution in [1.82, 2.24) is 31.2 Å². The Kier molecular flexibility index (Phi) is 13.1. The van der Waals surface area contributed by atoms with Crippen LogP contribution < -0.4 is 32.7 Å². The minimum atomic E-state index is -1.19. The molecule has 0 fully saturated rings. The summed E-state index contributed by atoms with van der Waals surface area (Å²) in [4.78, 5) is 68.8. The van der Waals surface area contributed by atoms with Gasteiger partial charge in [0.1, 0.15) is 18.1 Å². The van der Waals surface area contributed by atoms with Crippen molar-refractivity contribution in [2.24, 2.45) is 11.5 Å². The van der Waals surface area contributed by atoms with Gasteiger partial charge in [0.05, 0.1) is 19.4 Å². The van der Waals surface area contributed by atoms with Gasteiger partial charge in [-0.25, -0.2) is 9.78 Å². The second-order valence-electron chi connectivity index (χ2n) is 8.82. The predicted molar refractivity (Wildman–Crippen MR) is 141 cm³/mol. The van der Waals surface area contributed by atoms with Crippen LogP contribution in [0.1, 0.15) is 30.5 Å². The van der Waals surface area contributed by atoms with Crippen molar-refractivity contribution in [3.8, 4) is 0 Å². The summed E-state index contributed by atoms with van der Waals surface area (Å²) in [7, 11) is 0. The van der Waals surface area contributed by atoms with Gasteiger partial charge in [-0.1, -0.05) is 30.3 Å². The van der Waals surface area contributed by atoms with Gasteiger partial charge >= 0.3 is 5.97 Å². The lowest BCUT2D eigenvalue weighted by Crippen LogP contribution is -2.56. The van der Waals surface area contributed by atoms with Crippen molar-refractivity contribution in [2.75, 3.05) is 19.6 Å². The van der Waals surface area contributed by atoms with E-state index in [1.54, 1.807) is 30.3 Å². The summed E-state index contributed by atoms with van der Waals surface area (Å²) in [6.07, 6.45) is 4.43. The Bertz CT molecular complexity index is 1080. The average Bonchev–Trinajstić information content (AvgIpc) is 3.44. The van der Waals surface area contributed by atoms with Crippen LogP contribution in [0.3, 0.4) is 0 Å². The molecule has 0 aliphatic carbocycles. The molecule has 0 aliphatic rings. The number of imidazole rings is 1. The first-order valence-electron chi connectivity index (χ1n) is 12.5. The number of carbonyl (C=O) groups excluding carboxylic acids is 4. The van der Waals surface area contributed by atoms with E-state index in [2.05, 4.69) is 31.2 Å². The van der Waals surface area contributed by atoms with Gasteiger partial charge in [0.15, 0.2) is 0 Å². The highest BCUT2D eigenvalue weighted by atomic mass is 16.4. The van der Waals surface area contributed by atoms with Gasteiger partial charge in [0, 0.05) is 24.7 Å². The standard InChI is InChI=1S/C25H36N8O6/c26-9-5-4-8-18(25(38)39)31-22(35)14-29-23(36)19(10-16-6-2-1-3-7-16)33-24(37)20(32-21(34)12-27)11-17-13-28-15-30-17/h1-3,6-7,13,15,18-20H,4-5,8-12,14,26-27H2,(H,28,30)(H,29,36)(H,31,35)(H,32,34)(H,33,37)(H,38,39)/t18-,19-,20-/m0/s1. The highest BCUT2D eigenvalue weighted by Gasteiger charge is 2.28. The maximum Gasteiger partial charge on any atom is 0.326 e. The Morgan fingerprint density at radius 1 is 0.872 bits per heavy atom. The van der Waals surface area contributed by atoms with Gasteiger partial charge in [-0.05, 0) is 31.4 Å². The lowest BCUT2D eigenvalue weighted by molar-refractivity contribution is -0.142. The number of unbranched alkanes of at least 4 members (excludes halogenated alkanes) is 1. The predicted octanol–water partition coefficient (Wildman–Crippen LogP) is -2.06. The number of rotatable bonds is 17. The fourth-order valence-electron chi connectivity index (χ4n) is 3.70. The number of hydrogen-bond acceptors (Lipinski definition) is 8. The number of nitrogens with one attached hydrogen (secondary N) is 5. The number of H-pyrrole nitrogens is 1. The molecule has 1 aromatic carbocycles. The average molecular weight is 545 g/mol. The number of aliphatic carboxylic acids is 1. The first-order valence-corrected chi connectivity index (χ1v) is 12.5. The Hall–Kier alpha value is -4.30. The van der Waals surface area contributed by atoms with Gasteiger partial charge in [-0.15, -0.1) is 0 Å². The minimum absolute atomic E-state index is 0.0698. The number of carbonyl (C=O) groups is 5. The quantitative estimate of drug-likeness (QED) is 0.102. The summed E-state index contributed by atoms with van der Waals surface area (Å²) in [6, 6.07) is 5.63. The molecule has 0 spiro atoms. The monoisotopic (exact) mass is 544 g/mol. The normalized spacial score (nSPS) is 13.0. The first-order chi connectivity index (χ1) is 18.7. The molecule has 10 N–H and O–H groups in total. The van der Waals surface area contributed by atoms with Gasteiger partial charge in [0.25, 0.3) is 0 Å². The number of hydrogen-bond donors (Lipinski definition) is 8. The van der Waals surface area contributed by atoms with Crippen LogP contribution in [0.5, 0.6) is 0 Å². The van der Waals surface area contributed by atoms with Crippen molar-refractivity contribution in [2.45, 2.75) is 50.2 Å². The van der Waals surface area contributed by atoms with Crippen molar-refractivity contribution in [1.29, 1.82) is 0 Å². The number of nitrogens with zero attached hydrogens (tertiary/aromatic N) is 1. The van der Waals surface area contributed by atoms with E-state index >= 15 is 0 Å². The molecule has 0 unspecified atom stereocenters. The van der Waals surface area contributed by atoms with Crippen molar-refractivity contribution < 1.29 is 29.1 Å². The molecule has 14 heteroatoms. The van der Waals surface area contributed by atoms with E-state index in [0.717, 1.165) is 5.56 Å². The van der Waals surface area contributed by atoms with Crippen LogP contribution in [0.2, 0.25) is 0 Å². The molecule has 39 heavy (non-hydrogen) atoms. The highest BCUT2D eigenvalue weighted by Crippen LogP contribution is 2.06. The molecule has 212 valence electrons. The van der Waals surface area contributed by atoms with Gasteiger partial charge < -0.3 is 42.8 Å². The van der Waals surface area contributed by atoms with Crippen LogP contribution in [0.25, 0.3) is 0 Å². The van der Waals surface area contributed by atoms with Crippen LogP contribution in [0.15, 0.2) is 42.9 Å². The van der Waals surface area contributed by atoms with E-state index in [1.165, 1.54) is 12.5 Å². The zero-order chi connectivity index (χ0) is 28.6. The molecule has 0 saturated heterocycles. The molecule has 0 bridgehead atoms. The lowest BCUT2D eigenvalue weighted by atomic mass is 10.0. The molecule has 0 aliphatic heterocycles. The summed E-state index contributed by atoms with van der Waals surface area (Å²) in [5.41, 5.74) is 12.1. The summed E-state index contributed by atoms with van der Waals surface area (Å²) in [6.45, 7) is -0.426. The Morgan fingerprint density at radius 3 is 2.18 bits per heavy atom. The van der Waals surface area contributed by atoms with E-state index in [1.807, 2.05) is 0 Å². The number of aromatic amines is 1. The number of nitrogens with two attached hydrogens (primary N) is 2. The fraction of sp³-hybridized carbons (Fsp3) is 0.440. The van der Waals surface area contributed by atoms with Crippen LogP contribution in [-0.2, 0) is 36.8 Å². The largest absolute Gasteiger partial charge is 0.480 e. The fourth-order valence-corrected chi connectivity index (χ4v) is 3.70. The van der Waals surface area contributed by atoms with Gasteiger partial charge in [-0.3, -0.25) is 19.2 Å². The zero-order valence-corrected chi connectivity index (χ0v) is 21.5. The third kappa shape index (κ3) is 11.3. The van der Waals surface area contributed by atoms with E-state index < -0.39 is 54.3 Å². The molecule has 2 aromatic rings. The summed E-state index contributed by atoms with van der Waals surface area (Å²) < 4.78 is 0. The van der Waals surface area contributed by atoms with Crippen LogP contribution >= 0.6 is 0 Å². The molecule has 3 atom stereocenters. The number of carboxylic acid groups (broad SMARTS) is 1. The van der Waals surface area contributed by atoms with Crippen molar-refractivity contribution in [3.05, 3.63) is 54.1 Å². The zero-order valence-electron chi connectivity index (χ0n) is 21.5. The second kappa shape index (κ2) is 16.5. The van der Waals surface area contributed by atoms with Gasteiger partial charge in [0.2, 0.25) is 23.6 Å². The molecule has 1 heterocycles. The van der Waals surface area contributed by atoms with E-state index in [4.69, 9.17) is 11.5 Å². The summed E-state index contributed by atoms with van der Waals surface area (Å²) in [5, 5.41) is 19.4. The maximum atomic E-state index is 13.2. The maximum absolute atomic E-state index is 13.2. The number of benzene rings is 1. The van der Waals surface area contributed by atoms with E-state index in [-0.39, 0.29) is 25.8 Å². The van der Waals surface area contributed by atoms with E-state index in [0.29, 0.717) is 25.1 Å². The Morgan fingerprint density at radius 2 is 1.56 bits per heavy atom. The van der Waals surface area contributed by atoms with E-state index in [9.17, 15) is 29.1 Å². The molecule has 4 amide bonds.